The molecule has 9 heteroatoms. The fraction of sp³-hybridized carbons (Fsp3) is 0.333. The number of aromatic nitrogens is 2. The van der Waals surface area contributed by atoms with Gasteiger partial charge in [0, 0.05) is 7.05 Å². The van der Waals surface area contributed by atoms with E-state index in [2.05, 4.69) is 15.4 Å². The van der Waals surface area contributed by atoms with Crippen LogP contribution in [0.4, 0.5) is 11.4 Å². The van der Waals surface area contributed by atoms with Gasteiger partial charge in [0.25, 0.3) is 5.91 Å². The smallest absolute Gasteiger partial charge is 0.254 e. The Bertz CT molecular complexity index is 940. The standard InChI is InChI=1S/C18H20ClN5O2S/c1-10-16(11(2)23(4)22-10)21-17(26)12(3)27-18-20-9-15(25)24(18)14-8-6-5-7-13(14)19/h5-8,12H,9H2,1-4H3,(H,21,26)/t12-/m1/s1. The number of anilines is 2. The molecule has 2 amide bonds. The second-order valence-corrected chi connectivity index (χ2v) is 7.91. The Hall–Kier alpha value is -2.32. The first kappa shape index (κ1) is 19.4. The van der Waals surface area contributed by atoms with Crippen LogP contribution in [0, 0.1) is 13.8 Å². The number of para-hydroxylation sites is 1. The lowest BCUT2D eigenvalue weighted by Gasteiger charge is -2.21. The SMILES string of the molecule is Cc1nn(C)c(C)c1NC(=O)[C@@H](C)SC1=NCC(=O)N1c1ccccc1Cl. The molecule has 1 aromatic carbocycles. The molecule has 1 N–H and O–H groups in total. The molecule has 0 bridgehead atoms. The van der Waals surface area contributed by atoms with Gasteiger partial charge in [0.1, 0.15) is 6.54 Å². The van der Waals surface area contributed by atoms with Crippen LogP contribution in [0.3, 0.4) is 0 Å². The molecule has 3 rings (SSSR count). The van der Waals surface area contributed by atoms with E-state index in [4.69, 9.17) is 11.6 Å². The topological polar surface area (TPSA) is 79.6 Å². The highest BCUT2D eigenvalue weighted by atomic mass is 35.5. The third-order valence-corrected chi connectivity index (χ3v) is 5.70. The lowest BCUT2D eigenvalue weighted by atomic mass is 10.3. The molecule has 0 unspecified atom stereocenters. The number of thioether (sulfide) groups is 1. The molecule has 2 aromatic rings. The summed E-state index contributed by atoms with van der Waals surface area (Å²) in [7, 11) is 1.83. The third kappa shape index (κ3) is 3.86. The van der Waals surface area contributed by atoms with Crippen LogP contribution in [0.5, 0.6) is 0 Å². The number of hydrogen-bond acceptors (Lipinski definition) is 5. The summed E-state index contributed by atoms with van der Waals surface area (Å²) in [5, 5.41) is 7.69. The average molecular weight is 406 g/mol. The molecule has 0 radical (unpaired) electrons. The highest BCUT2D eigenvalue weighted by Crippen LogP contribution is 2.32. The van der Waals surface area contributed by atoms with Crippen molar-refractivity contribution in [3.05, 3.63) is 40.7 Å². The largest absolute Gasteiger partial charge is 0.322 e. The highest BCUT2D eigenvalue weighted by Gasteiger charge is 2.31. The number of amides is 2. The molecule has 0 aliphatic carbocycles. The molecule has 1 aliphatic heterocycles. The number of carbonyl (C=O) groups excluding carboxylic acids is 2. The van der Waals surface area contributed by atoms with Crippen molar-refractivity contribution in [1.82, 2.24) is 9.78 Å². The molecule has 27 heavy (non-hydrogen) atoms. The minimum Gasteiger partial charge on any atom is -0.322 e. The van der Waals surface area contributed by atoms with E-state index in [1.165, 1.54) is 16.7 Å². The molecule has 0 saturated heterocycles. The molecule has 1 atom stereocenters. The van der Waals surface area contributed by atoms with Gasteiger partial charge in [-0.2, -0.15) is 5.10 Å². The van der Waals surface area contributed by atoms with Crippen molar-refractivity contribution in [1.29, 1.82) is 0 Å². The van der Waals surface area contributed by atoms with Crippen LogP contribution < -0.4 is 10.2 Å². The van der Waals surface area contributed by atoms with Gasteiger partial charge in [0.2, 0.25) is 5.91 Å². The molecule has 142 valence electrons. The third-order valence-electron chi connectivity index (χ3n) is 4.29. The molecule has 1 aromatic heterocycles. The predicted octanol–water partition coefficient (Wildman–Crippen LogP) is 3.15. The Balaban J connectivity index is 1.74. The number of carbonyl (C=O) groups is 2. The summed E-state index contributed by atoms with van der Waals surface area (Å²) < 4.78 is 1.72. The van der Waals surface area contributed by atoms with E-state index in [0.717, 1.165) is 11.4 Å². The van der Waals surface area contributed by atoms with Crippen molar-refractivity contribution in [2.24, 2.45) is 12.0 Å². The average Bonchev–Trinajstić information content (AvgIpc) is 3.09. The number of rotatable bonds is 4. The van der Waals surface area contributed by atoms with Crippen molar-refractivity contribution >= 4 is 51.7 Å². The number of amidine groups is 1. The highest BCUT2D eigenvalue weighted by molar-refractivity contribution is 8.15. The second kappa shape index (κ2) is 7.74. The Labute approximate surface area is 166 Å². The number of hydrogen-bond donors (Lipinski definition) is 1. The first-order chi connectivity index (χ1) is 12.8. The minimum atomic E-state index is -0.460. The van der Waals surface area contributed by atoms with E-state index < -0.39 is 5.25 Å². The second-order valence-electron chi connectivity index (χ2n) is 6.20. The van der Waals surface area contributed by atoms with Crippen molar-refractivity contribution in [2.75, 3.05) is 16.8 Å². The van der Waals surface area contributed by atoms with Crippen molar-refractivity contribution < 1.29 is 9.59 Å². The molecule has 0 saturated carbocycles. The summed E-state index contributed by atoms with van der Waals surface area (Å²) in [6, 6.07) is 7.08. The lowest BCUT2D eigenvalue weighted by Crippen LogP contribution is -2.33. The Morgan fingerprint density at radius 3 is 2.67 bits per heavy atom. The van der Waals surface area contributed by atoms with Crippen LogP contribution >= 0.6 is 23.4 Å². The van der Waals surface area contributed by atoms with Gasteiger partial charge < -0.3 is 5.32 Å². The maximum atomic E-state index is 12.7. The van der Waals surface area contributed by atoms with Crippen LogP contribution in [-0.2, 0) is 16.6 Å². The molecular weight excluding hydrogens is 386 g/mol. The summed E-state index contributed by atoms with van der Waals surface area (Å²) in [6.07, 6.45) is 0. The molecule has 0 fully saturated rings. The fourth-order valence-corrected chi connectivity index (χ4v) is 3.88. The summed E-state index contributed by atoms with van der Waals surface area (Å²) in [5.74, 6) is -0.350. The number of halogens is 1. The van der Waals surface area contributed by atoms with Crippen LogP contribution in [0.2, 0.25) is 5.02 Å². The first-order valence-electron chi connectivity index (χ1n) is 8.39. The monoisotopic (exact) mass is 405 g/mol. The summed E-state index contributed by atoms with van der Waals surface area (Å²) in [5.41, 5.74) is 2.91. The van der Waals surface area contributed by atoms with Crippen LogP contribution in [0.15, 0.2) is 29.3 Å². The van der Waals surface area contributed by atoms with E-state index in [1.807, 2.05) is 20.9 Å². The van der Waals surface area contributed by atoms with Crippen molar-refractivity contribution in [3.63, 3.8) is 0 Å². The van der Waals surface area contributed by atoms with E-state index >= 15 is 0 Å². The zero-order valence-electron chi connectivity index (χ0n) is 15.5. The fourth-order valence-electron chi connectivity index (χ4n) is 2.73. The first-order valence-corrected chi connectivity index (χ1v) is 9.65. The lowest BCUT2D eigenvalue weighted by molar-refractivity contribution is -0.116. The Morgan fingerprint density at radius 2 is 2.04 bits per heavy atom. The van der Waals surface area contributed by atoms with Gasteiger partial charge in [-0.15, -0.1) is 0 Å². The van der Waals surface area contributed by atoms with E-state index in [1.54, 1.807) is 35.9 Å². The van der Waals surface area contributed by atoms with Gasteiger partial charge in [0.15, 0.2) is 5.17 Å². The number of aryl methyl sites for hydroxylation is 2. The van der Waals surface area contributed by atoms with Crippen LogP contribution in [0.25, 0.3) is 0 Å². The number of nitrogens with one attached hydrogen (secondary N) is 1. The molecule has 0 spiro atoms. The Kier molecular flexibility index (Phi) is 5.57. The summed E-state index contributed by atoms with van der Waals surface area (Å²) >= 11 is 7.46. The van der Waals surface area contributed by atoms with E-state index in [-0.39, 0.29) is 18.4 Å². The zero-order valence-corrected chi connectivity index (χ0v) is 17.1. The Morgan fingerprint density at radius 1 is 1.33 bits per heavy atom. The zero-order chi connectivity index (χ0) is 19.7. The van der Waals surface area contributed by atoms with Crippen molar-refractivity contribution in [3.8, 4) is 0 Å². The van der Waals surface area contributed by atoms with E-state index in [9.17, 15) is 9.59 Å². The summed E-state index contributed by atoms with van der Waals surface area (Å²) in [4.78, 5) is 30.7. The van der Waals surface area contributed by atoms with Crippen LogP contribution in [-0.4, -0.2) is 38.6 Å². The van der Waals surface area contributed by atoms with Gasteiger partial charge >= 0.3 is 0 Å². The minimum absolute atomic E-state index is 0.0444. The maximum absolute atomic E-state index is 12.7. The van der Waals surface area contributed by atoms with Gasteiger partial charge in [-0.05, 0) is 32.9 Å². The normalized spacial score (nSPS) is 15.1. The van der Waals surface area contributed by atoms with E-state index in [0.29, 0.717) is 21.6 Å². The molecular formula is C18H20ClN5O2S. The maximum Gasteiger partial charge on any atom is 0.254 e. The van der Waals surface area contributed by atoms with Gasteiger partial charge in [0.05, 0.1) is 33.0 Å². The number of benzene rings is 1. The molecule has 2 heterocycles. The number of nitrogens with zero attached hydrogens (tertiary/aromatic N) is 4. The molecule has 1 aliphatic rings. The quantitative estimate of drug-likeness (QED) is 0.847. The summed E-state index contributed by atoms with van der Waals surface area (Å²) in [6.45, 7) is 5.56. The molecule has 7 nitrogen and oxygen atoms in total. The van der Waals surface area contributed by atoms with Gasteiger partial charge in [-0.25, -0.2) is 0 Å². The predicted molar refractivity (Wildman–Crippen MR) is 110 cm³/mol. The van der Waals surface area contributed by atoms with Gasteiger partial charge in [-0.1, -0.05) is 35.5 Å². The van der Waals surface area contributed by atoms with Crippen LogP contribution in [0.1, 0.15) is 18.3 Å². The van der Waals surface area contributed by atoms with Gasteiger partial charge in [-0.3, -0.25) is 24.2 Å². The number of aliphatic imine (C=N–C) groups is 1. The van der Waals surface area contributed by atoms with Crippen molar-refractivity contribution in [2.45, 2.75) is 26.0 Å².